The minimum atomic E-state index is -4.39. The van der Waals surface area contributed by atoms with E-state index in [0.29, 0.717) is 16.6 Å². The van der Waals surface area contributed by atoms with E-state index in [1.165, 1.54) is 23.7 Å². The fourth-order valence-corrected chi connectivity index (χ4v) is 3.88. The lowest BCUT2D eigenvalue weighted by Crippen LogP contribution is -2.05. The van der Waals surface area contributed by atoms with Gasteiger partial charge in [0, 0.05) is 4.88 Å². The minimum Gasteiger partial charge on any atom is -0.462 e. The van der Waals surface area contributed by atoms with Crippen molar-refractivity contribution in [3.8, 4) is 11.5 Å². The standard InChI is InChI=1S/C12H15ClNO4PS/c1-7(2)5-9-11(14-10(6-13)20-9)12-8(3-4-18-12)19(15,16)17/h3-4,7H,5-6H2,1-2H3,(H2,15,16,17). The van der Waals surface area contributed by atoms with Gasteiger partial charge in [0.15, 0.2) is 5.76 Å². The number of thiazole rings is 1. The molecule has 2 aromatic heterocycles. The SMILES string of the molecule is CC(C)Cc1sc(CCl)nc1-c1occc1P(=O)(O)O. The van der Waals surface area contributed by atoms with Gasteiger partial charge in [-0.1, -0.05) is 13.8 Å². The Morgan fingerprint density at radius 2 is 2.20 bits per heavy atom. The van der Waals surface area contributed by atoms with E-state index in [0.717, 1.165) is 11.3 Å². The molecule has 0 amide bonds. The molecule has 20 heavy (non-hydrogen) atoms. The van der Waals surface area contributed by atoms with Gasteiger partial charge < -0.3 is 14.2 Å². The molecule has 0 aliphatic carbocycles. The molecule has 0 spiro atoms. The van der Waals surface area contributed by atoms with Crippen LogP contribution in [-0.4, -0.2) is 14.8 Å². The van der Waals surface area contributed by atoms with E-state index in [4.69, 9.17) is 16.0 Å². The maximum Gasteiger partial charge on any atom is 0.360 e. The van der Waals surface area contributed by atoms with E-state index < -0.39 is 7.60 Å². The zero-order chi connectivity index (χ0) is 14.9. The maximum atomic E-state index is 11.5. The summed E-state index contributed by atoms with van der Waals surface area (Å²) in [6, 6.07) is 1.29. The lowest BCUT2D eigenvalue weighted by molar-refractivity contribution is 0.387. The van der Waals surface area contributed by atoms with Crippen molar-refractivity contribution in [3.63, 3.8) is 0 Å². The van der Waals surface area contributed by atoms with Gasteiger partial charge in [-0.2, -0.15) is 0 Å². The molecular formula is C12H15ClNO4PS. The van der Waals surface area contributed by atoms with Crippen molar-refractivity contribution in [2.45, 2.75) is 26.1 Å². The first kappa shape index (κ1) is 15.7. The predicted octanol–water partition coefficient (Wildman–Crippen LogP) is 3.14. The maximum absolute atomic E-state index is 11.5. The molecule has 0 aromatic carbocycles. The highest BCUT2D eigenvalue weighted by molar-refractivity contribution is 7.60. The third-order valence-corrected chi connectivity index (χ3v) is 5.09. The number of hydrogen-bond donors (Lipinski definition) is 2. The van der Waals surface area contributed by atoms with E-state index in [2.05, 4.69) is 18.8 Å². The molecule has 5 nitrogen and oxygen atoms in total. The lowest BCUT2D eigenvalue weighted by Gasteiger charge is -2.06. The Balaban J connectivity index is 2.55. The molecule has 0 aliphatic heterocycles. The number of nitrogens with zero attached hydrogens (tertiary/aromatic N) is 1. The summed E-state index contributed by atoms with van der Waals surface area (Å²) in [5, 5.41) is 0.583. The van der Waals surface area contributed by atoms with Crippen LogP contribution >= 0.6 is 30.5 Å². The van der Waals surface area contributed by atoms with Crippen LogP contribution < -0.4 is 5.30 Å². The van der Waals surface area contributed by atoms with Gasteiger partial charge in [-0.3, -0.25) is 4.57 Å². The molecule has 2 heterocycles. The molecular weight excluding hydrogens is 321 g/mol. The third kappa shape index (κ3) is 3.32. The first-order chi connectivity index (χ1) is 9.32. The Morgan fingerprint density at radius 1 is 1.50 bits per heavy atom. The van der Waals surface area contributed by atoms with E-state index in [1.807, 2.05) is 0 Å². The molecule has 2 rings (SSSR count). The number of hydrogen-bond acceptors (Lipinski definition) is 4. The van der Waals surface area contributed by atoms with E-state index in [-0.39, 0.29) is 16.9 Å². The first-order valence-electron chi connectivity index (χ1n) is 6.01. The van der Waals surface area contributed by atoms with Gasteiger partial charge >= 0.3 is 7.60 Å². The average Bonchev–Trinajstić information content (AvgIpc) is 2.92. The summed E-state index contributed by atoms with van der Waals surface area (Å²) in [4.78, 5) is 24.0. The molecule has 8 heteroatoms. The smallest absolute Gasteiger partial charge is 0.360 e. The second kappa shape index (κ2) is 6.00. The highest BCUT2D eigenvalue weighted by Gasteiger charge is 2.28. The van der Waals surface area contributed by atoms with Crippen molar-refractivity contribution < 1.29 is 18.8 Å². The van der Waals surface area contributed by atoms with Crippen molar-refractivity contribution in [1.82, 2.24) is 4.98 Å². The summed E-state index contributed by atoms with van der Waals surface area (Å²) in [6.45, 7) is 4.13. The van der Waals surface area contributed by atoms with E-state index in [9.17, 15) is 14.4 Å². The van der Waals surface area contributed by atoms with Crippen molar-refractivity contribution in [1.29, 1.82) is 0 Å². The molecule has 0 bridgehead atoms. The largest absolute Gasteiger partial charge is 0.462 e. The lowest BCUT2D eigenvalue weighted by atomic mass is 10.1. The summed E-state index contributed by atoms with van der Waals surface area (Å²) in [5.74, 6) is 0.800. The molecule has 110 valence electrons. The first-order valence-corrected chi connectivity index (χ1v) is 8.97. The predicted molar refractivity (Wildman–Crippen MR) is 79.6 cm³/mol. The Labute approximate surface area is 125 Å². The Morgan fingerprint density at radius 3 is 2.75 bits per heavy atom. The van der Waals surface area contributed by atoms with Gasteiger partial charge in [0.25, 0.3) is 0 Å². The van der Waals surface area contributed by atoms with Crippen molar-refractivity contribution >= 4 is 35.8 Å². The number of alkyl halides is 1. The Hall–Kier alpha value is -0.650. The van der Waals surface area contributed by atoms with Crippen LogP contribution in [-0.2, 0) is 16.9 Å². The monoisotopic (exact) mass is 335 g/mol. The van der Waals surface area contributed by atoms with Crippen LogP contribution in [0.3, 0.4) is 0 Å². The average molecular weight is 336 g/mol. The Bertz CT molecular complexity index is 646. The van der Waals surface area contributed by atoms with E-state index in [1.54, 1.807) is 0 Å². The number of halogens is 1. The zero-order valence-electron chi connectivity index (χ0n) is 11.0. The minimum absolute atomic E-state index is 0.131. The fraction of sp³-hybridized carbons (Fsp3) is 0.417. The van der Waals surface area contributed by atoms with Crippen molar-refractivity contribution in [3.05, 3.63) is 22.2 Å². The molecule has 0 aliphatic rings. The summed E-state index contributed by atoms with van der Waals surface area (Å²) >= 11 is 7.25. The summed E-state index contributed by atoms with van der Waals surface area (Å²) in [7, 11) is -4.39. The molecule has 0 unspecified atom stereocenters. The fourth-order valence-electron chi connectivity index (χ4n) is 1.85. The topological polar surface area (TPSA) is 83.6 Å². The molecule has 0 saturated carbocycles. The number of furan rings is 1. The molecule has 0 radical (unpaired) electrons. The molecule has 2 aromatic rings. The van der Waals surface area contributed by atoms with Crippen LogP contribution in [0.4, 0.5) is 0 Å². The quantitative estimate of drug-likeness (QED) is 0.648. The van der Waals surface area contributed by atoms with Gasteiger partial charge in [0.05, 0.1) is 12.1 Å². The molecule has 0 atom stereocenters. The van der Waals surface area contributed by atoms with Gasteiger partial charge in [-0.25, -0.2) is 4.98 Å². The third-order valence-electron chi connectivity index (χ3n) is 2.62. The van der Waals surface area contributed by atoms with Crippen LogP contribution in [0.5, 0.6) is 0 Å². The van der Waals surface area contributed by atoms with Crippen LogP contribution in [0.15, 0.2) is 16.7 Å². The summed E-state index contributed by atoms with van der Waals surface area (Å²) in [5.41, 5.74) is 0.489. The van der Waals surface area contributed by atoms with Crippen molar-refractivity contribution in [2.24, 2.45) is 5.92 Å². The van der Waals surface area contributed by atoms with Crippen LogP contribution in [0.25, 0.3) is 11.5 Å². The summed E-state index contributed by atoms with van der Waals surface area (Å²) < 4.78 is 16.7. The summed E-state index contributed by atoms with van der Waals surface area (Å²) in [6.07, 6.45) is 2.02. The molecule has 0 saturated heterocycles. The highest BCUT2D eigenvalue weighted by Crippen LogP contribution is 2.40. The van der Waals surface area contributed by atoms with E-state index >= 15 is 0 Å². The van der Waals surface area contributed by atoms with Gasteiger partial charge in [0.2, 0.25) is 0 Å². The normalized spacial score (nSPS) is 12.3. The second-order valence-corrected chi connectivity index (χ2v) is 7.80. The van der Waals surface area contributed by atoms with Crippen LogP contribution in [0, 0.1) is 5.92 Å². The van der Waals surface area contributed by atoms with Gasteiger partial charge in [-0.05, 0) is 18.4 Å². The second-order valence-electron chi connectivity index (χ2n) is 4.79. The van der Waals surface area contributed by atoms with Crippen LogP contribution in [0.1, 0.15) is 23.7 Å². The van der Waals surface area contributed by atoms with Gasteiger partial charge in [0.1, 0.15) is 16.0 Å². The number of aromatic nitrogens is 1. The van der Waals surface area contributed by atoms with Gasteiger partial charge in [-0.15, -0.1) is 22.9 Å². The molecule has 0 fully saturated rings. The van der Waals surface area contributed by atoms with Crippen molar-refractivity contribution in [2.75, 3.05) is 0 Å². The number of rotatable bonds is 5. The highest BCUT2D eigenvalue weighted by atomic mass is 35.5. The van der Waals surface area contributed by atoms with Crippen LogP contribution in [0.2, 0.25) is 0 Å². The zero-order valence-corrected chi connectivity index (χ0v) is 13.5. The molecule has 2 N–H and O–H groups in total. The Kier molecular flexibility index (Phi) is 4.72.